The Labute approximate surface area is 126 Å². The lowest BCUT2D eigenvalue weighted by Crippen LogP contribution is -2.47. The number of aliphatic carboxylic acids is 1. The number of carbonyl (C=O) groups excluding carboxylic acids is 1. The number of hydrogen-bond donors (Lipinski definition) is 2. The number of halogens is 2. The van der Waals surface area contributed by atoms with Gasteiger partial charge in [-0.05, 0) is 38.0 Å². The van der Waals surface area contributed by atoms with Gasteiger partial charge in [-0.2, -0.15) is 0 Å². The Bertz CT molecular complexity index is 567. The molecule has 2 rings (SSSR count). The number of nitrogens with one attached hydrogen (secondary N) is 1. The number of rotatable bonds is 2. The molecule has 1 aromatic rings. The summed E-state index contributed by atoms with van der Waals surface area (Å²) < 4.78 is 13.6. The minimum absolute atomic E-state index is 0.0527. The first-order valence-corrected chi connectivity index (χ1v) is 7.01. The summed E-state index contributed by atoms with van der Waals surface area (Å²) in [6, 6.07) is 3.35. The van der Waals surface area contributed by atoms with E-state index in [1.54, 1.807) is 6.92 Å². The Kier molecular flexibility index (Phi) is 4.67. The van der Waals surface area contributed by atoms with Crippen LogP contribution in [0.15, 0.2) is 18.2 Å². The van der Waals surface area contributed by atoms with E-state index in [2.05, 4.69) is 5.32 Å². The Hall–Kier alpha value is -1.82. The van der Waals surface area contributed by atoms with Gasteiger partial charge in [0.15, 0.2) is 0 Å². The molecule has 0 aliphatic carbocycles. The lowest BCUT2D eigenvalue weighted by Gasteiger charge is -2.36. The highest BCUT2D eigenvalue weighted by Crippen LogP contribution is 2.25. The minimum Gasteiger partial charge on any atom is -0.481 e. The van der Waals surface area contributed by atoms with Gasteiger partial charge < -0.3 is 15.3 Å². The van der Waals surface area contributed by atoms with E-state index in [0.717, 1.165) is 6.07 Å². The first kappa shape index (κ1) is 15.6. The number of amides is 2. The molecule has 21 heavy (non-hydrogen) atoms. The molecule has 0 aromatic heterocycles. The molecule has 1 aliphatic heterocycles. The zero-order valence-electron chi connectivity index (χ0n) is 11.5. The number of hydrogen-bond acceptors (Lipinski definition) is 2. The summed E-state index contributed by atoms with van der Waals surface area (Å²) in [4.78, 5) is 24.6. The Morgan fingerprint density at radius 1 is 1.48 bits per heavy atom. The summed E-state index contributed by atoms with van der Waals surface area (Å²) in [5.41, 5.74) is 0.0527. The van der Waals surface area contributed by atoms with E-state index in [4.69, 9.17) is 16.7 Å². The fourth-order valence-corrected chi connectivity index (χ4v) is 2.63. The number of piperidine rings is 1. The molecule has 0 spiro atoms. The Morgan fingerprint density at radius 2 is 2.19 bits per heavy atom. The molecular weight excluding hydrogens is 299 g/mol. The molecule has 7 heteroatoms. The second kappa shape index (κ2) is 6.30. The monoisotopic (exact) mass is 314 g/mol. The zero-order chi connectivity index (χ0) is 15.6. The quantitative estimate of drug-likeness (QED) is 0.880. The molecular formula is C14H16ClFN2O3. The van der Waals surface area contributed by atoms with Crippen LogP contribution in [0, 0.1) is 11.7 Å². The molecule has 2 atom stereocenters. The predicted octanol–water partition coefficient (Wildman–Crippen LogP) is 3.20. The highest BCUT2D eigenvalue weighted by molar-refractivity contribution is 6.30. The zero-order valence-corrected chi connectivity index (χ0v) is 12.2. The topological polar surface area (TPSA) is 69.6 Å². The van der Waals surface area contributed by atoms with Gasteiger partial charge in [0.25, 0.3) is 0 Å². The number of nitrogens with zero attached hydrogens (tertiary/aromatic N) is 1. The third-order valence-electron chi connectivity index (χ3n) is 3.66. The van der Waals surface area contributed by atoms with E-state index in [0.29, 0.717) is 19.4 Å². The van der Waals surface area contributed by atoms with Crippen molar-refractivity contribution >= 4 is 29.3 Å². The van der Waals surface area contributed by atoms with Crippen molar-refractivity contribution in [2.75, 3.05) is 11.9 Å². The van der Waals surface area contributed by atoms with Crippen LogP contribution < -0.4 is 5.32 Å². The molecule has 2 amide bonds. The molecule has 0 saturated carbocycles. The van der Waals surface area contributed by atoms with Crippen molar-refractivity contribution in [1.82, 2.24) is 4.90 Å². The van der Waals surface area contributed by atoms with Crippen molar-refractivity contribution < 1.29 is 19.1 Å². The summed E-state index contributed by atoms with van der Waals surface area (Å²) in [6.45, 7) is 2.12. The highest BCUT2D eigenvalue weighted by Gasteiger charge is 2.32. The third kappa shape index (κ3) is 3.64. The van der Waals surface area contributed by atoms with Gasteiger partial charge in [0.2, 0.25) is 0 Å². The molecule has 1 heterocycles. The van der Waals surface area contributed by atoms with Gasteiger partial charge in [-0.1, -0.05) is 11.6 Å². The normalized spacial score (nSPS) is 22.0. The summed E-state index contributed by atoms with van der Waals surface area (Å²) in [7, 11) is 0. The fraction of sp³-hybridized carbons (Fsp3) is 0.429. The molecule has 2 N–H and O–H groups in total. The standard InChI is InChI=1S/C14H16ClFN2O3/c1-8-6-9(13(19)20)4-5-18(8)14(21)17-12-3-2-10(15)7-11(12)16/h2-3,7-9H,4-6H2,1H3,(H,17,21)(H,19,20). The van der Waals surface area contributed by atoms with Crippen molar-refractivity contribution in [3.63, 3.8) is 0 Å². The van der Waals surface area contributed by atoms with E-state index in [-0.39, 0.29) is 16.8 Å². The number of carboxylic acids is 1. The lowest BCUT2D eigenvalue weighted by atomic mass is 9.92. The molecule has 2 unspecified atom stereocenters. The lowest BCUT2D eigenvalue weighted by molar-refractivity contribution is -0.143. The molecule has 1 aliphatic rings. The van der Waals surface area contributed by atoms with Crippen LogP contribution in [0.5, 0.6) is 0 Å². The van der Waals surface area contributed by atoms with Crippen LogP contribution in [-0.2, 0) is 4.79 Å². The number of carbonyl (C=O) groups is 2. The Morgan fingerprint density at radius 3 is 2.76 bits per heavy atom. The summed E-state index contributed by atoms with van der Waals surface area (Å²) >= 11 is 5.65. The van der Waals surface area contributed by atoms with Crippen LogP contribution >= 0.6 is 11.6 Å². The van der Waals surface area contributed by atoms with Crippen LogP contribution in [-0.4, -0.2) is 34.6 Å². The van der Waals surface area contributed by atoms with Gasteiger partial charge >= 0.3 is 12.0 Å². The van der Waals surface area contributed by atoms with Crippen LogP contribution in [0.25, 0.3) is 0 Å². The van der Waals surface area contributed by atoms with E-state index >= 15 is 0 Å². The maximum Gasteiger partial charge on any atom is 0.322 e. The van der Waals surface area contributed by atoms with E-state index in [1.807, 2.05) is 0 Å². The van der Waals surface area contributed by atoms with Crippen molar-refractivity contribution in [3.8, 4) is 0 Å². The van der Waals surface area contributed by atoms with Gasteiger partial charge in [-0.15, -0.1) is 0 Å². The SMILES string of the molecule is CC1CC(C(=O)O)CCN1C(=O)Nc1ccc(Cl)cc1F. The largest absolute Gasteiger partial charge is 0.481 e. The molecule has 0 radical (unpaired) electrons. The second-order valence-corrected chi connectivity index (χ2v) is 5.59. The fourth-order valence-electron chi connectivity index (χ4n) is 2.48. The molecule has 1 saturated heterocycles. The minimum atomic E-state index is -0.842. The predicted molar refractivity (Wildman–Crippen MR) is 77.0 cm³/mol. The summed E-state index contributed by atoms with van der Waals surface area (Å²) in [6.07, 6.45) is 0.794. The molecule has 0 bridgehead atoms. The summed E-state index contributed by atoms with van der Waals surface area (Å²) in [5.74, 6) is -1.88. The summed E-state index contributed by atoms with van der Waals surface area (Å²) in [5, 5.41) is 11.7. The van der Waals surface area contributed by atoms with E-state index in [9.17, 15) is 14.0 Å². The molecule has 1 aromatic carbocycles. The number of likely N-dealkylation sites (tertiary alicyclic amines) is 1. The van der Waals surface area contributed by atoms with Crippen LogP contribution in [0.1, 0.15) is 19.8 Å². The first-order chi connectivity index (χ1) is 9.88. The van der Waals surface area contributed by atoms with Gasteiger partial charge in [-0.3, -0.25) is 4.79 Å². The third-order valence-corrected chi connectivity index (χ3v) is 3.89. The van der Waals surface area contributed by atoms with E-state index in [1.165, 1.54) is 17.0 Å². The van der Waals surface area contributed by atoms with Crippen molar-refractivity contribution in [2.24, 2.45) is 5.92 Å². The van der Waals surface area contributed by atoms with Gasteiger partial charge in [0, 0.05) is 17.6 Å². The Balaban J connectivity index is 2.02. The maximum absolute atomic E-state index is 13.6. The van der Waals surface area contributed by atoms with Crippen molar-refractivity contribution in [1.29, 1.82) is 0 Å². The molecule has 1 fully saturated rings. The first-order valence-electron chi connectivity index (χ1n) is 6.64. The van der Waals surface area contributed by atoms with Gasteiger partial charge in [-0.25, -0.2) is 9.18 Å². The highest BCUT2D eigenvalue weighted by atomic mass is 35.5. The smallest absolute Gasteiger partial charge is 0.322 e. The molecule has 114 valence electrons. The maximum atomic E-state index is 13.6. The van der Waals surface area contributed by atoms with Crippen LogP contribution in [0.4, 0.5) is 14.9 Å². The van der Waals surface area contributed by atoms with Crippen molar-refractivity contribution in [3.05, 3.63) is 29.0 Å². The van der Waals surface area contributed by atoms with E-state index < -0.39 is 23.7 Å². The van der Waals surface area contributed by atoms with Gasteiger partial charge in [0.05, 0.1) is 11.6 Å². The molecule has 5 nitrogen and oxygen atoms in total. The number of anilines is 1. The number of urea groups is 1. The average Bonchev–Trinajstić information content (AvgIpc) is 2.41. The van der Waals surface area contributed by atoms with Crippen molar-refractivity contribution in [2.45, 2.75) is 25.8 Å². The van der Waals surface area contributed by atoms with Gasteiger partial charge in [0.1, 0.15) is 5.82 Å². The van der Waals surface area contributed by atoms with Crippen LogP contribution in [0.3, 0.4) is 0 Å². The average molecular weight is 315 g/mol. The second-order valence-electron chi connectivity index (χ2n) is 5.16. The van der Waals surface area contributed by atoms with Crippen LogP contribution in [0.2, 0.25) is 5.02 Å². The number of benzene rings is 1. The number of carboxylic acid groups (broad SMARTS) is 1.